The molecule has 1 aliphatic carbocycles. The predicted octanol–water partition coefficient (Wildman–Crippen LogP) is 1.67. The van der Waals surface area contributed by atoms with Gasteiger partial charge >= 0.3 is 0 Å². The van der Waals surface area contributed by atoms with E-state index < -0.39 is 0 Å². The number of hydrogen-bond acceptors (Lipinski definition) is 4. The lowest BCUT2D eigenvalue weighted by molar-refractivity contribution is 0.0704. The summed E-state index contributed by atoms with van der Waals surface area (Å²) in [7, 11) is 0. The first-order valence-corrected chi connectivity index (χ1v) is 8.52. The highest BCUT2D eigenvalue weighted by Crippen LogP contribution is 2.26. The molecule has 1 saturated heterocycles. The summed E-state index contributed by atoms with van der Waals surface area (Å²) in [5.41, 5.74) is 3.03. The van der Waals surface area contributed by atoms with Crippen molar-refractivity contribution >= 4 is 5.91 Å². The van der Waals surface area contributed by atoms with Gasteiger partial charge in [0.05, 0.1) is 5.69 Å². The number of fused-ring (bicyclic) bond motifs is 1. The molecule has 2 aliphatic rings. The van der Waals surface area contributed by atoms with E-state index in [4.69, 9.17) is 0 Å². The molecule has 1 unspecified atom stereocenters. The highest BCUT2D eigenvalue weighted by Gasteiger charge is 2.28. The Bertz CT molecular complexity index is 816. The second-order valence-corrected chi connectivity index (χ2v) is 6.59. The lowest BCUT2D eigenvalue weighted by atomic mass is 9.94. The Labute approximate surface area is 140 Å². The highest BCUT2D eigenvalue weighted by atomic mass is 16.2. The Kier molecular flexibility index (Phi) is 3.88. The van der Waals surface area contributed by atoms with Gasteiger partial charge in [-0.05, 0) is 43.7 Å². The SMILES string of the molecule is O=C(c1cc2c([nH]c1=O)CCC2)N1CCCC(c2cnccn2)C1. The second-order valence-electron chi connectivity index (χ2n) is 6.59. The number of piperidine rings is 1. The van der Waals surface area contributed by atoms with Crippen molar-refractivity contribution in [2.45, 2.75) is 38.0 Å². The van der Waals surface area contributed by atoms with Crippen molar-refractivity contribution in [1.82, 2.24) is 19.9 Å². The molecule has 0 radical (unpaired) electrons. The van der Waals surface area contributed by atoms with Crippen LogP contribution in [0.1, 0.15) is 52.5 Å². The Morgan fingerprint density at radius 1 is 1.25 bits per heavy atom. The van der Waals surface area contributed by atoms with Gasteiger partial charge in [-0.15, -0.1) is 0 Å². The number of H-pyrrole nitrogens is 1. The smallest absolute Gasteiger partial charge is 0.261 e. The number of aromatic amines is 1. The van der Waals surface area contributed by atoms with Gasteiger partial charge in [-0.1, -0.05) is 0 Å². The van der Waals surface area contributed by atoms with Gasteiger partial charge in [-0.3, -0.25) is 19.6 Å². The summed E-state index contributed by atoms with van der Waals surface area (Å²) in [6, 6.07) is 1.80. The van der Waals surface area contributed by atoms with Crippen molar-refractivity contribution in [3.8, 4) is 0 Å². The number of aromatic nitrogens is 3. The van der Waals surface area contributed by atoms with Crippen LogP contribution < -0.4 is 5.56 Å². The molecule has 0 aromatic carbocycles. The molecule has 124 valence electrons. The number of nitrogens with zero attached hydrogens (tertiary/aromatic N) is 3. The van der Waals surface area contributed by atoms with Crippen LogP contribution in [-0.2, 0) is 12.8 Å². The number of rotatable bonds is 2. The third-order valence-electron chi connectivity index (χ3n) is 5.03. The van der Waals surface area contributed by atoms with Crippen molar-refractivity contribution in [1.29, 1.82) is 0 Å². The van der Waals surface area contributed by atoms with Crippen LogP contribution >= 0.6 is 0 Å². The molecule has 0 saturated carbocycles. The summed E-state index contributed by atoms with van der Waals surface area (Å²) in [5.74, 6) is 0.0180. The molecule has 24 heavy (non-hydrogen) atoms. The Hall–Kier alpha value is -2.50. The summed E-state index contributed by atoms with van der Waals surface area (Å²) in [4.78, 5) is 38.3. The van der Waals surface area contributed by atoms with E-state index in [9.17, 15) is 9.59 Å². The lowest BCUT2D eigenvalue weighted by Gasteiger charge is -2.32. The summed E-state index contributed by atoms with van der Waals surface area (Å²) >= 11 is 0. The van der Waals surface area contributed by atoms with Gasteiger partial charge in [0.25, 0.3) is 11.5 Å². The Morgan fingerprint density at radius 2 is 2.17 bits per heavy atom. The van der Waals surface area contributed by atoms with E-state index in [-0.39, 0.29) is 22.9 Å². The molecule has 1 atom stereocenters. The fraction of sp³-hybridized carbons (Fsp3) is 0.444. The van der Waals surface area contributed by atoms with E-state index in [1.807, 2.05) is 0 Å². The van der Waals surface area contributed by atoms with Crippen LogP contribution in [0, 0.1) is 0 Å². The topological polar surface area (TPSA) is 79.0 Å². The zero-order chi connectivity index (χ0) is 16.5. The molecule has 1 amide bonds. The molecule has 2 aromatic rings. The van der Waals surface area contributed by atoms with Crippen LogP contribution in [-0.4, -0.2) is 38.8 Å². The van der Waals surface area contributed by atoms with Gasteiger partial charge in [0.2, 0.25) is 0 Å². The number of aryl methyl sites for hydroxylation is 2. The molecule has 1 aliphatic heterocycles. The van der Waals surface area contributed by atoms with E-state index in [0.717, 1.165) is 49.1 Å². The first kappa shape index (κ1) is 15.1. The first-order chi connectivity index (χ1) is 11.7. The molecule has 6 nitrogen and oxygen atoms in total. The average Bonchev–Trinajstić information content (AvgIpc) is 3.08. The van der Waals surface area contributed by atoms with E-state index >= 15 is 0 Å². The van der Waals surface area contributed by atoms with Crippen molar-refractivity contribution in [3.05, 3.63) is 57.5 Å². The maximum absolute atomic E-state index is 12.9. The van der Waals surface area contributed by atoms with Crippen LogP contribution in [0.5, 0.6) is 0 Å². The summed E-state index contributed by atoms with van der Waals surface area (Å²) in [6.45, 7) is 1.28. The monoisotopic (exact) mass is 324 g/mol. The van der Waals surface area contributed by atoms with Gasteiger partial charge in [0.15, 0.2) is 0 Å². The van der Waals surface area contributed by atoms with E-state index in [0.29, 0.717) is 13.1 Å². The fourth-order valence-corrected chi connectivity index (χ4v) is 3.77. The van der Waals surface area contributed by atoms with Gasteiger partial charge in [0.1, 0.15) is 5.56 Å². The molecular weight excluding hydrogens is 304 g/mol. The number of carbonyl (C=O) groups is 1. The second kappa shape index (κ2) is 6.19. The van der Waals surface area contributed by atoms with Crippen LogP contribution in [0.3, 0.4) is 0 Å². The third-order valence-corrected chi connectivity index (χ3v) is 5.03. The Morgan fingerprint density at radius 3 is 3.00 bits per heavy atom. The zero-order valence-electron chi connectivity index (χ0n) is 13.5. The maximum atomic E-state index is 12.9. The number of amides is 1. The van der Waals surface area contributed by atoms with E-state index in [1.54, 1.807) is 29.6 Å². The number of nitrogens with one attached hydrogen (secondary N) is 1. The average molecular weight is 324 g/mol. The quantitative estimate of drug-likeness (QED) is 0.911. The van der Waals surface area contributed by atoms with Gasteiger partial charge in [-0.2, -0.15) is 0 Å². The van der Waals surface area contributed by atoms with E-state index in [2.05, 4.69) is 15.0 Å². The summed E-state index contributed by atoms with van der Waals surface area (Å²) < 4.78 is 0. The molecule has 0 bridgehead atoms. The molecule has 2 aromatic heterocycles. The molecule has 1 N–H and O–H groups in total. The van der Waals surface area contributed by atoms with E-state index in [1.165, 1.54) is 0 Å². The molecule has 3 heterocycles. The number of hydrogen-bond donors (Lipinski definition) is 1. The van der Waals surface area contributed by atoms with Crippen LogP contribution in [0.4, 0.5) is 0 Å². The summed E-state index contributed by atoms with van der Waals surface area (Å²) in [6.07, 6.45) is 9.88. The number of pyridine rings is 1. The zero-order valence-corrected chi connectivity index (χ0v) is 13.5. The highest BCUT2D eigenvalue weighted by molar-refractivity contribution is 5.94. The summed E-state index contributed by atoms with van der Waals surface area (Å²) in [5, 5.41) is 0. The molecule has 1 fully saturated rings. The molecule has 0 spiro atoms. The van der Waals surface area contributed by atoms with Crippen molar-refractivity contribution < 1.29 is 4.79 Å². The standard InChI is InChI=1S/C18H20N4O2/c23-17-14(9-12-3-1-5-15(12)21-17)18(24)22-8-2-4-13(11-22)16-10-19-6-7-20-16/h6-7,9-10,13H,1-5,8,11H2,(H,21,23). The largest absolute Gasteiger partial charge is 0.338 e. The van der Waals surface area contributed by atoms with Gasteiger partial charge in [0, 0.05) is 43.3 Å². The van der Waals surface area contributed by atoms with Gasteiger partial charge < -0.3 is 9.88 Å². The first-order valence-electron chi connectivity index (χ1n) is 8.52. The predicted molar refractivity (Wildman–Crippen MR) is 89.0 cm³/mol. The normalized spacial score (nSPS) is 20.0. The molecule has 6 heteroatoms. The molecular formula is C18H20N4O2. The maximum Gasteiger partial charge on any atom is 0.261 e. The van der Waals surface area contributed by atoms with Gasteiger partial charge in [-0.25, -0.2) is 0 Å². The van der Waals surface area contributed by atoms with Crippen molar-refractivity contribution in [2.75, 3.05) is 13.1 Å². The van der Waals surface area contributed by atoms with Crippen LogP contribution in [0.15, 0.2) is 29.5 Å². The lowest BCUT2D eigenvalue weighted by Crippen LogP contribution is -2.41. The fourth-order valence-electron chi connectivity index (χ4n) is 3.77. The van der Waals surface area contributed by atoms with Crippen LogP contribution in [0.2, 0.25) is 0 Å². The third kappa shape index (κ3) is 2.72. The minimum atomic E-state index is -0.262. The number of likely N-dealkylation sites (tertiary alicyclic amines) is 1. The molecule has 4 rings (SSSR count). The minimum Gasteiger partial charge on any atom is -0.338 e. The van der Waals surface area contributed by atoms with Crippen molar-refractivity contribution in [3.63, 3.8) is 0 Å². The van der Waals surface area contributed by atoms with Crippen LogP contribution in [0.25, 0.3) is 0 Å². The number of carbonyl (C=O) groups excluding carboxylic acids is 1. The minimum absolute atomic E-state index is 0.167. The Balaban J connectivity index is 1.57. The van der Waals surface area contributed by atoms with Crippen molar-refractivity contribution in [2.24, 2.45) is 0 Å².